The number of imidazole rings is 1. The van der Waals surface area contributed by atoms with Crippen molar-refractivity contribution >= 4 is 44.9 Å². The summed E-state index contributed by atoms with van der Waals surface area (Å²) in [5.41, 5.74) is 3.86. The predicted octanol–water partition coefficient (Wildman–Crippen LogP) is 7.04. The van der Waals surface area contributed by atoms with Gasteiger partial charge in [-0.05, 0) is 65.7 Å². The molecule has 0 aliphatic carbocycles. The van der Waals surface area contributed by atoms with E-state index in [0.717, 1.165) is 22.5 Å². The molecule has 0 aliphatic heterocycles. The highest BCUT2D eigenvalue weighted by Crippen LogP contribution is 2.33. The van der Waals surface area contributed by atoms with Crippen molar-refractivity contribution in [2.75, 3.05) is 25.6 Å². The largest absolute Gasteiger partial charge is 0.493 e. The maximum absolute atomic E-state index is 13.4. The van der Waals surface area contributed by atoms with Crippen molar-refractivity contribution in [2.24, 2.45) is 0 Å². The highest BCUT2D eigenvalue weighted by Gasteiger charge is 2.23. The number of aromatic nitrogens is 2. The number of aromatic carboxylic acids is 1. The average molecular weight is 667 g/mol. The molecule has 0 aliphatic rings. The van der Waals surface area contributed by atoms with Gasteiger partial charge in [-0.3, -0.25) is 4.31 Å². The number of hydrogen-bond donors (Lipinski definition) is 1. The molecular weight excluding hydrogens is 637 g/mol. The molecule has 1 aromatic heterocycles. The molecule has 1 N–H and O–H groups in total. The van der Waals surface area contributed by atoms with Crippen LogP contribution < -0.4 is 13.8 Å². The molecule has 9 nitrogen and oxygen atoms in total. The molecule has 4 aromatic carbocycles. The standard InChI is InChI=1S/C33H29Cl2N3O6S/c1-37(45(41,42)26-13-15-30(43-2)31(18-26)44-3)25-11-6-21(7-12-25)16-32-36-29(27-14-10-24(34)17-28(27)35)20-38(32)19-22-4-8-23(9-5-22)33(39)40/h4-15,17-18,20H,16,19H2,1-3H3,(H,39,40). The van der Waals surface area contributed by atoms with E-state index in [1.807, 2.05) is 29.0 Å². The second kappa shape index (κ2) is 13.2. The van der Waals surface area contributed by atoms with Crippen molar-refractivity contribution in [1.29, 1.82) is 0 Å². The van der Waals surface area contributed by atoms with Crippen molar-refractivity contribution in [3.63, 3.8) is 0 Å². The first-order valence-corrected chi connectivity index (χ1v) is 15.8. The Balaban J connectivity index is 1.42. The summed E-state index contributed by atoms with van der Waals surface area (Å²) >= 11 is 12.6. The van der Waals surface area contributed by atoms with Crippen LogP contribution in [0, 0.1) is 0 Å². The van der Waals surface area contributed by atoms with Crippen molar-refractivity contribution in [3.05, 3.63) is 124 Å². The van der Waals surface area contributed by atoms with E-state index in [1.54, 1.807) is 54.6 Å². The minimum Gasteiger partial charge on any atom is -0.493 e. The monoisotopic (exact) mass is 665 g/mol. The zero-order chi connectivity index (χ0) is 32.3. The number of anilines is 1. The van der Waals surface area contributed by atoms with Crippen LogP contribution in [0.5, 0.6) is 11.5 Å². The molecule has 5 aromatic rings. The van der Waals surface area contributed by atoms with Crippen LogP contribution in [-0.4, -0.2) is 50.3 Å². The van der Waals surface area contributed by atoms with Crippen LogP contribution in [0.15, 0.2) is 96.0 Å². The van der Waals surface area contributed by atoms with Crippen LogP contribution >= 0.6 is 23.2 Å². The Labute approximate surface area is 271 Å². The third-order valence-electron chi connectivity index (χ3n) is 7.30. The van der Waals surface area contributed by atoms with Gasteiger partial charge in [0.1, 0.15) is 5.82 Å². The number of rotatable bonds is 11. The number of carboxylic acids is 1. The number of sulfonamides is 1. The van der Waals surface area contributed by atoms with Crippen molar-refractivity contribution in [1.82, 2.24) is 9.55 Å². The van der Waals surface area contributed by atoms with Crippen molar-refractivity contribution in [3.8, 4) is 22.8 Å². The molecule has 45 heavy (non-hydrogen) atoms. The van der Waals surface area contributed by atoms with Crippen molar-refractivity contribution in [2.45, 2.75) is 17.9 Å². The smallest absolute Gasteiger partial charge is 0.335 e. The van der Waals surface area contributed by atoms with E-state index < -0.39 is 16.0 Å². The van der Waals surface area contributed by atoms with E-state index in [4.69, 9.17) is 37.7 Å². The lowest BCUT2D eigenvalue weighted by atomic mass is 10.1. The van der Waals surface area contributed by atoms with Gasteiger partial charge in [-0.15, -0.1) is 0 Å². The summed E-state index contributed by atoms with van der Waals surface area (Å²) in [6.45, 7) is 0.442. The third kappa shape index (κ3) is 6.93. The Bertz CT molecular complexity index is 1960. The third-order valence-corrected chi connectivity index (χ3v) is 9.62. The van der Waals surface area contributed by atoms with Crippen LogP contribution in [0.25, 0.3) is 11.3 Å². The molecule has 0 unspecified atom stereocenters. The minimum absolute atomic E-state index is 0.0681. The molecule has 0 spiro atoms. The SMILES string of the molecule is COc1ccc(S(=O)(=O)N(C)c2ccc(Cc3nc(-c4ccc(Cl)cc4Cl)cn3Cc3ccc(C(=O)O)cc3)cc2)cc1OC. The molecule has 0 saturated heterocycles. The maximum Gasteiger partial charge on any atom is 0.335 e. The van der Waals surface area contributed by atoms with Crippen LogP contribution in [0.2, 0.25) is 10.0 Å². The van der Waals surface area contributed by atoms with Crippen LogP contribution in [0.4, 0.5) is 5.69 Å². The molecular formula is C33H29Cl2N3O6S. The second-order valence-corrected chi connectivity index (χ2v) is 12.9. The van der Waals surface area contributed by atoms with Crippen molar-refractivity contribution < 1.29 is 27.8 Å². The summed E-state index contributed by atoms with van der Waals surface area (Å²) in [5.74, 6) is 0.489. The van der Waals surface area contributed by atoms with E-state index in [9.17, 15) is 18.3 Å². The summed E-state index contributed by atoms with van der Waals surface area (Å²) in [4.78, 5) is 16.3. The van der Waals surface area contributed by atoms with Gasteiger partial charge in [0.25, 0.3) is 10.0 Å². The zero-order valence-electron chi connectivity index (χ0n) is 24.6. The molecule has 1 heterocycles. The van der Waals surface area contributed by atoms with Crippen LogP contribution in [0.3, 0.4) is 0 Å². The number of hydrogen-bond acceptors (Lipinski definition) is 6. The van der Waals surface area contributed by atoms with E-state index >= 15 is 0 Å². The lowest BCUT2D eigenvalue weighted by Crippen LogP contribution is -2.26. The number of nitrogens with zero attached hydrogens (tertiary/aromatic N) is 3. The van der Waals surface area contributed by atoms with Gasteiger partial charge in [-0.2, -0.15) is 0 Å². The average Bonchev–Trinajstić information content (AvgIpc) is 3.41. The van der Waals surface area contributed by atoms with Gasteiger partial charge in [-0.1, -0.05) is 47.5 Å². The first kappa shape index (κ1) is 31.9. The number of benzene rings is 4. The quantitative estimate of drug-likeness (QED) is 0.161. The van der Waals surface area contributed by atoms with Gasteiger partial charge < -0.3 is 19.1 Å². The topological polar surface area (TPSA) is 111 Å². The molecule has 0 radical (unpaired) electrons. The summed E-state index contributed by atoms with van der Waals surface area (Å²) in [6.07, 6.45) is 2.33. The van der Waals surface area contributed by atoms with Crippen LogP contribution in [-0.2, 0) is 23.0 Å². The van der Waals surface area contributed by atoms with Crippen LogP contribution in [0.1, 0.15) is 27.3 Å². The highest BCUT2D eigenvalue weighted by molar-refractivity contribution is 7.92. The number of methoxy groups -OCH3 is 2. The molecule has 0 amide bonds. The summed E-state index contributed by atoms with van der Waals surface area (Å²) in [7, 11) is 0.541. The number of halogens is 2. The van der Waals surface area contributed by atoms with E-state index in [2.05, 4.69) is 0 Å². The normalized spacial score (nSPS) is 11.3. The number of carboxylic acid groups (broad SMARTS) is 1. The van der Waals surface area contributed by atoms with E-state index in [0.29, 0.717) is 45.9 Å². The Morgan fingerprint density at radius 2 is 1.56 bits per heavy atom. The Morgan fingerprint density at radius 1 is 0.889 bits per heavy atom. The van der Waals surface area contributed by atoms with E-state index in [1.165, 1.54) is 37.7 Å². The Kier molecular flexibility index (Phi) is 9.38. The molecule has 12 heteroatoms. The molecule has 0 bridgehead atoms. The lowest BCUT2D eigenvalue weighted by molar-refractivity contribution is 0.0697. The fraction of sp³-hybridized carbons (Fsp3) is 0.152. The van der Waals surface area contributed by atoms with E-state index in [-0.39, 0.29) is 10.5 Å². The summed E-state index contributed by atoms with van der Waals surface area (Å²) in [5, 5.41) is 10.2. The maximum atomic E-state index is 13.4. The minimum atomic E-state index is -3.88. The second-order valence-electron chi connectivity index (χ2n) is 10.1. The molecule has 232 valence electrons. The fourth-order valence-electron chi connectivity index (χ4n) is 4.79. The van der Waals surface area contributed by atoms with Gasteiger partial charge in [0.2, 0.25) is 0 Å². The summed E-state index contributed by atoms with van der Waals surface area (Å²) in [6, 6.07) is 23.5. The first-order chi connectivity index (χ1) is 21.5. The van der Waals surface area contributed by atoms with Gasteiger partial charge in [0, 0.05) is 42.9 Å². The lowest BCUT2D eigenvalue weighted by Gasteiger charge is -2.20. The van der Waals surface area contributed by atoms with Gasteiger partial charge >= 0.3 is 5.97 Å². The molecule has 0 atom stereocenters. The Morgan fingerprint density at radius 3 is 2.18 bits per heavy atom. The summed E-state index contributed by atoms with van der Waals surface area (Å²) < 4.78 is 40.5. The molecule has 0 saturated carbocycles. The highest BCUT2D eigenvalue weighted by atomic mass is 35.5. The Hall–Kier alpha value is -4.51. The number of carbonyl (C=O) groups is 1. The fourth-order valence-corrected chi connectivity index (χ4v) is 6.51. The molecule has 0 fully saturated rings. The molecule has 5 rings (SSSR count). The first-order valence-electron chi connectivity index (χ1n) is 13.6. The van der Waals surface area contributed by atoms with Gasteiger partial charge in [0.05, 0.1) is 41.1 Å². The van der Waals surface area contributed by atoms with Gasteiger partial charge in [0.15, 0.2) is 11.5 Å². The van der Waals surface area contributed by atoms with Gasteiger partial charge in [-0.25, -0.2) is 18.2 Å². The predicted molar refractivity (Wildman–Crippen MR) is 175 cm³/mol. The zero-order valence-corrected chi connectivity index (χ0v) is 26.9. The number of ether oxygens (including phenoxy) is 2.